The smallest absolute Gasteiger partial charge is 0.200 e. The van der Waals surface area contributed by atoms with Gasteiger partial charge in [0.2, 0.25) is 0 Å². The summed E-state index contributed by atoms with van der Waals surface area (Å²) in [6, 6.07) is 14.3. The first kappa shape index (κ1) is 13.4. The largest absolute Gasteiger partial charge is 0.485 e. The number of halogens is 2. The Balaban J connectivity index is 1.96. The Labute approximate surface area is 124 Å². The zero-order chi connectivity index (χ0) is 13.0. The monoisotopic (exact) mass is 372 g/mol. The minimum absolute atomic E-state index is 0.0300. The molecule has 2 rings (SSSR count). The van der Waals surface area contributed by atoms with Gasteiger partial charge >= 0.3 is 0 Å². The number of benzene rings is 2. The Morgan fingerprint density at radius 1 is 1.06 bits per heavy atom. The maximum Gasteiger partial charge on any atom is 0.200 e. The van der Waals surface area contributed by atoms with Crippen molar-refractivity contribution in [3.8, 4) is 5.75 Å². The summed E-state index contributed by atoms with van der Waals surface area (Å²) < 4.78 is 6.55. The highest BCUT2D eigenvalue weighted by Crippen LogP contribution is 2.14. The molecule has 0 heterocycles. The van der Waals surface area contributed by atoms with E-state index < -0.39 is 0 Å². The molecule has 0 N–H and O–H groups in total. The minimum atomic E-state index is -0.0646. The molecule has 0 atom stereocenters. The highest BCUT2D eigenvalue weighted by molar-refractivity contribution is 14.1. The van der Waals surface area contributed by atoms with E-state index in [1.807, 2.05) is 24.3 Å². The van der Waals surface area contributed by atoms with Crippen molar-refractivity contribution in [2.24, 2.45) is 0 Å². The zero-order valence-electron chi connectivity index (χ0n) is 9.40. The molecule has 0 radical (unpaired) electrons. The highest BCUT2D eigenvalue weighted by Gasteiger charge is 2.06. The predicted octanol–water partition coefficient (Wildman–Crippen LogP) is 4.21. The third-order valence-electron chi connectivity index (χ3n) is 2.35. The average molecular weight is 373 g/mol. The second-order valence-electron chi connectivity index (χ2n) is 3.67. The van der Waals surface area contributed by atoms with Crippen molar-refractivity contribution in [1.82, 2.24) is 0 Å². The SMILES string of the molecule is O=C(COc1ccc(I)cc1)c1ccc(Cl)cc1. The second-order valence-corrected chi connectivity index (χ2v) is 5.35. The second kappa shape index (κ2) is 6.20. The molecule has 0 fully saturated rings. The third kappa shape index (κ3) is 3.71. The number of rotatable bonds is 4. The van der Waals surface area contributed by atoms with E-state index in [0.29, 0.717) is 16.3 Å². The van der Waals surface area contributed by atoms with Gasteiger partial charge in [0.05, 0.1) is 0 Å². The number of carbonyl (C=O) groups is 1. The molecular weight excluding hydrogens is 363 g/mol. The Kier molecular flexibility index (Phi) is 4.60. The topological polar surface area (TPSA) is 26.3 Å². The van der Waals surface area contributed by atoms with Crippen LogP contribution in [0.1, 0.15) is 10.4 Å². The standard InChI is InChI=1S/C14H10ClIO2/c15-11-3-1-10(2-4-11)14(17)9-18-13-7-5-12(16)6-8-13/h1-8H,9H2. The minimum Gasteiger partial charge on any atom is -0.485 e. The molecule has 4 heteroatoms. The fraction of sp³-hybridized carbons (Fsp3) is 0.0714. The van der Waals surface area contributed by atoms with Crippen LogP contribution in [0.3, 0.4) is 0 Å². The Morgan fingerprint density at radius 3 is 2.28 bits per heavy atom. The number of ketones is 1. The maximum atomic E-state index is 11.8. The summed E-state index contributed by atoms with van der Waals surface area (Å²) in [6.07, 6.45) is 0. The summed E-state index contributed by atoms with van der Waals surface area (Å²) in [5, 5.41) is 0.616. The van der Waals surface area contributed by atoms with Crippen molar-refractivity contribution in [3.05, 3.63) is 62.7 Å². The lowest BCUT2D eigenvalue weighted by molar-refractivity contribution is 0.0921. The first-order chi connectivity index (χ1) is 8.65. The fourth-order valence-electron chi connectivity index (χ4n) is 1.40. The Hall–Kier alpha value is -1.07. The van der Waals surface area contributed by atoms with Gasteiger partial charge in [-0.2, -0.15) is 0 Å². The zero-order valence-corrected chi connectivity index (χ0v) is 12.3. The van der Waals surface area contributed by atoms with Crippen LogP contribution in [0.2, 0.25) is 5.02 Å². The van der Waals surface area contributed by atoms with Crippen molar-refractivity contribution >= 4 is 40.0 Å². The van der Waals surface area contributed by atoms with Crippen LogP contribution in [0, 0.1) is 3.57 Å². The van der Waals surface area contributed by atoms with Gasteiger partial charge in [0.1, 0.15) is 5.75 Å². The normalized spacial score (nSPS) is 10.1. The van der Waals surface area contributed by atoms with Gasteiger partial charge in [0.15, 0.2) is 12.4 Å². The summed E-state index contributed by atoms with van der Waals surface area (Å²) in [6.45, 7) is 0.0300. The lowest BCUT2D eigenvalue weighted by Gasteiger charge is -2.05. The van der Waals surface area contributed by atoms with Crippen molar-refractivity contribution in [2.75, 3.05) is 6.61 Å². The molecule has 2 aromatic rings. The van der Waals surface area contributed by atoms with Gasteiger partial charge in [-0.05, 0) is 71.1 Å². The van der Waals surface area contributed by atoms with Gasteiger partial charge in [-0.15, -0.1) is 0 Å². The highest BCUT2D eigenvalue weighted by atomic mass is 127. The molecule has 0 aliphatic heterocycles. The molecule has 0 aliphatic rings. The summed E-state index contributed by atoms with van der Waals surface area (Å²) in [7, 11) is 0. The van der Waals surface area contributed by atoms with E-state index >= 15 is 0 Å². The first-order valence-electron chi connectivity index (χ1n) is 5.32. The lowest BCUT2D eigenvalue weighted by Crippen LogP contribution is -2.11. The Morgan fingerprint density at radius 2 is 1.67 bits per heavy atom. The van der Waals surface area contributed by atoms with Crippen LogP contribution in [0.4, 0.5) is 0 Å². The van der Waals surface area contributed by atoms with Crippen molar-refractivity contribution in [1.29, 1.82) is 0 Å². The van der Waals surface area contributed by atoms with Gasteiger partial charge in [-0.1, -0.05) is 11.6 Å². The van der Waals surface area contributed by atoms with E-state index in [-0.39, 0.29) is 12.4 Å². The number of hydrogen-bond acceptors (Lipinski definition) is 2. The first-order valence-corrected chi connectivity index (χ1v) is 6.78. The molecule has 0 amide bonds. The number of ether oxygens (including phenoxy) is 1. The van der Waals surface area contributed by atoms with Crippen LogP contribution in [0.15, 0.2) is 48.5 Å². The number of Topliss-reactive ketones (excluding diaryl/α,β-unsaturated/α-hetero) is 1. The van der Waals surface area contributed by atoms with Crippen molar-refractivity contribution in [3.63, 3.8) is 0 Å². The van der Waals surface area contributed by atoms with E-state index in [1.165, 1.54) is 0 Å². The van der Waals surface area contributed by atoms with Crippen LogP contribution in [-0.2, 0) is 0 Å². The molecule has 18 heavy (non-hydrogen) atoms. The van der Waals surface area contributed by atoms with Gasteiger partial charge < -0.3 is 4.74 Å². The van der Waals surface area contributed by atoms with Gasteiger partial charge in [-0.25, -0.2) is 0 Å². The summed E-state index contributed by atoms with van der Waals surface area (Å²) in [5.41, 5.74) is 0.602. The molecule has 2 aromatic carbocycles. The van der Waals surface area contributed by atoms with Crippen LogP contribution in [-0.4, -0.2) is 12.4 Å². The van der Waals surface area contributed by atoms with E-state index in [2.05, 4.69) is 22.6 Å². The molecule has 2 nitrogen and oxygen atoms in total. The summed E-state index contributed by atoms with van der Waals surface area (Å²) in [5.74, 6) is 0.628. The molecule has 92 valence electrons. The third-order valence-corrected chi connectivity index (χ3v) is 3.32. The van der Waals surface area contributed by atoms with Crippen molar-refractivity contribution < 1.29 is 9.53 Å². The van der Waals surface area contributed by atoms with Crippen molar-refractivity contribution in [2.45, 2.75) is 0 Å². The van der Waals surface area contributed by atoms with Crippen LogP contribution >= 0.6 is 34.2 Å². The molecule has 0 aromatic heterocycles. The molecule has 0 saturated heterocycles. The van der Waals surface area contributed by atoms with Crippen LogP contribution in [0.25, 0.3) is 0 Å². The average Bonchev–Trinajstić information content (AvgIpc) is 2.38. The van der Waals surface area contributed by atoms with E-state index in [4.69, 9.17) is 16.3 Å². The molecule has 0 aliphatic carbocycles. The predicted molar refractivity (Wildman–Crippen MR) is 80.4 cm³/mol. The van der Waals surface area contributed by atoms with Gasteiger partial charge in [0.25, 0.3) is 0 Å². The number of hydrogen-bond donors (Lipinski definition) is 0. The van der Waals surface area contributed by atoms with E-state index in [9.17, 15) is 4.79 Å². The number of carbonyl (C=O) groups excluding carboxylic acids is 1. The van der Waals surface area contributed by atoms with E-state index in [1.54, 1.807) is 24.3 Å². The molecule has 0 spiro atoms. The summed E-state index contributed by atoms with van der Waals surface area (Å²) >= 11 is 7.98. The van der Waals surface area contributed by atoms with Gasteiger partial charge in [0, 0.05) is 14.2 Å². The fourth-order valence-corrected chi connectivity index (χ4v) is 1.88. The molecule has 0 saturated carbocycles. The Bertz CT molecular complexity index is 535. The quantitative estimate of drug-likeness (QED) is 0.594. The van der Waals surface area contributed by atoms with Gasteiger partial charge in [-0.3, -0.25) is 4.79 Å². The molecule has 0 bridgehead atoms. The van der Waals surface area contributed by atoms with Crippen LogP contribution < -0.4 is 4.74 Å². The summed E-state index contributed by atoms with van der Waals surface area (Å²) in [4.78, 5) is 11.8. The molecule has 0 unspecified atom stereocenters. The lowest BCUT2D eigenvalue weighted by atomic mass is 10.1. The van der Waals surface area contributed by atoms with E-state index in [0.717, 1.165) is 3.57 Å². The molecular formula is C14H10ClIO2. The maximum absolute atomic E-state index is 11.8. The van der Waals surface area contributed by atoms with Crippen LogP contribution in [0.5, 0.6) is 5.75 Å².